The van der Waals surface area contributed by atoms with Crippen LogP contribution in [0.2, 0.25) is 0 Å². The lowest BCUT2D eigenvalue weighted by Gasteiger charge is -2.00. The molecule has 0 saturated heterocycles. The number of nitrogens with one attached hydrogen (secondary N) is 2. The molecule has 5 heteroatoms. The molecule has 5 nitrogen and oxygen atoms in total. The van der Waals surface area contributed by atoms with Crippen molar-refractivity contribution in [3.8, 4) is 0 Å². The van der Waals surface area contributed by atoms with Crippen LogP contribution in [0.3, 0.4) is 0 Å². The van der Waals surface area contributed by atoms with Gasteiger partial charge in [-0.1, -0.05) is 6.07 Å². The number of aromatic amines is 1. The van der Waals surface area contributed by atoms with Crippen molar-refractivity contribution in [1.29, 1.82) is 0 Å². The highest BCUT2D eigenvalue weighted by atomic mass is 16.4. The summed E-state index contributed by atoms with van der Waals surface area (Å²) in [6.45, 7) is 0.310. The smallest absolute Gasteiger partial charge is 0.404 e. The predicted molar refractivity (Wildman–Crippen MR) is 51.0 cm³/mol. The molecule has 0 radical (unpaired) electrons. The molecule has 1 amide bonds. The van der Waals surface area contributed by atoms with E-state index in [0.717, 1.165) is 16.6 Å². The van der Waals surface area contributed by atoms with E-state index in [1.54, 1.807) is 6.33 Å². The second-order valence-corrected chi connectivity index (χ2v) is 2.91. The Labute approximate surface area is 79.8 Å². The Morgan fingerprint density at radius 3 is 3.21 bits per heavy atom. The van der Waals surface area contributed by atoms with Gasteiger partial charge in [-0.3, -0.25) is 0 Å². The number of nitrogens with zero attached hydrogens (tertiary/aromatic N) is 1. The molecule has 0 unspecified atom stereocenters. The molecule has 0 atom stereocenters. The summed E-state index contributed by atoms with van der Waals surface area (Å²) >= 11 is 0. The standard InChI is InChI=1S/C9H9N3O2/c13-9(14)10-4-6-1-2-7-8(3-6)12-5-11-7/h1-3,5,10H,4H2,(H,11,12)(H,13,14). The molecular weight excluding hydrogens is 182 g/mol. The number of fused-ring (bicyclic) bond motifs is 1. The van der Waals surface area contributed by atoms with Gasteiger partial charge in [0.05, 0.1) is 17.4 Å². The monoisotopic (exact) mass is 191 g/mol. The zero-order valence-corrected chi connectivity index (χ0v) is 7.32. The SMILES string of the molecule is O=C(O)NCc1ccc2nc[nH]c2c1. The molecule has 0 aliphatic carbocycles. The first-order chi connectivity index (χ1) is 6.75. The highest BCUT2D eigenvalue weighted by molar-refractivity contribution is 5.75. The van der Waals surface area contributed by atoms with E-state index in [9.17, 15) is 4.79 Å². The largest absolute Gasteiger partial charge is 0.465 e. The van der Waals surface area contributed by atoms with Crippen molar-refractivity contribution in [3.63, 3.8) is 0 Å². The number of imidazole rings is 1. The molecule has 1 aromatic carbocycles. The lowest BCUT2D eigenvalue weighted by molar-refractivity contribution is 0.194. The summed E-state index contributed by atoms with van der Waals surface area (Å²) in [4.78, 5) is 17.3. The third-order valence-corrected chi connectivity index (χ3v) is 1.93. The summed E-state index contributed by atoms with van der Waals surface area (Å²) in [6.07, 6.45) is 0.591. The van der Waals surface area contributed by atoms with E-state index in [0.29, 0.717) is 6.54 Å². The van der Waals surface area contributed by atoms with Gasteiger partial charge in [-0.25, -0.2) is 9.78 Å². The lowest BCUT2D eigenvalue weighted by atomic mass is 10.2. The second kappa shape index (κ2) is 3.37. The molecule has 0 saturated carbocycles. The summed E-state index contributed by atoms with van der Waals surface area (Å²) in [5.41, 5.74) is 2.70. The van der Waals surface area contributed by atoms with Crippen LogP contribution in [0.4, 0.5) is 4.79 Å². The first-order valence-electron chi connectivity index (χ1n) is 4.14. The zero-order valence-electron chi connectivity index (χ0n) is 7.32. The molecule has 72 valence electrons. The van der Waals surface area contributed by atoms with Crippen LogP contribution < -0.4 is 5.32 Å². The van der Waals surface area contributed by atoms with Crippen molar-refractivity contribution in [2.24, 2.45) is 0 Å². The molecule has 0 aliphatic heterocycles. The topological polar surface area (TPSA) is 78.0 Å². The first kappa shape index (κ1) is 8.55. The number of aromatic nitrogens is 2. The Morgan fingerprint density at radius 2 is 2.43 bits per heavy atom. The minimum absolute atomic E-state index is 0.310. The summed E-state index contributed by atoms with van der Waals surface area (Å²) in [6, 6.07) is 5.57. The van der Waals surface area contributed by atoms with Gasteiger partial charge in [-0.05, 0) is 17.7 Å². The fraction of sp³-hybridized carbons (Fsp3) is 0.111. The number of hydrogen-bond acceptors (Lipinski definition) is 2. The molecule has 2 aromatic rings. The van der Waals surface area contributed by atoms with Crippen LogP contribution in [0.25, 0.3) is 11.0 Å². The van der Waals surface area contributed by atoms with Crippen molar-refractivity contribution >= 4 is 17.1 Å². The Hall–Kier alpha value is -2.04. The third kappa shape index (κ3) is 1.66. The van der Waals surface area contributed by atoms with Crippen LogP contribution in [-0.2, 0) is 6.54 Å². The van der Waals surface area contributed by atoms with Crippen molar-refractivity contribution in [2.75, 3.05) is 0 Å². The number of H-pyrrole nitrogens is 1. The lowest BCUT2D eigenvalue weighted by Crippen LogP contribution is -2.19. The fourth-order valence-electron chi connectivity index (χ4n) is 1.27. The minimum atomic E-state index is -1.02. The Balaban J connectivity index is 2.21. The maximum Gasteiger partial charge on any atom is 0.404 e. The summed E-state index contributed by atoms with van der Waals surface area (Å²) < 4.78 is 0. The molecule has 14 heavy (non-hydrogen) atoms. The van der Waals surface area contributed by atoms with Gasteiger partial charge in [0, 0.05) is 6.54 Å². The van der Waals surface area contributed by atoms with Crippen molar-refractivity contribution < 1.29 is 9.90 Å². The highest BCUT2D eigenvalue weighted by Crippen LogP contribution is 2.11. The van der Waals surface area contributed by atoms with Gasteiger partial charge in [-0.2, -0.15) is 0 Å². The summed E-state index contributed by atoms with van der Waals surface area (Å²) in [5, 5.41) is 10.7. The zero-order chi connectivity index (χ0) is 9.97. The Bertz CT molecular complexity index is 464. The summed E-state index contributed by atoms with van der Waals surface area (Å²) in [5.74, 6) is 0. The number of amides is 1. The van der Waals surface area contributed by atoms with Crippen LogP contribution >= 0.6 is 0 Å². The van der Waals surface area contributed by atoms with Crippen LogP contribution in [0.1, 0.15) is 5.56 Å². The predicted octanol–water partition coefficient (Wildman–Crippen LogP) is 1.33. The third-order valence-electron chi connectivity index (χ3n) is 1.93. The van der Waals surface area contributed by atoms with Crippen LogP contribution in [0.15, 0.2) is 24.5 Å². The Morgan fingerprint density at radius 1 is 1.57 bits per heavy atom. The van der Waals surface area contributed by atoms with E-state index in [4.69, 9.17) is 5.11 Å². The van der Waals surface area contributed by atoms with E-state index in [2.05, 4.69) is 15.3 Å². The molecule has 1 heterocycles. The number of rotatable bonds is 2. The number of benzene rings is 1. The molecule has 2 rings (SSSR count). The van der Waals surface area contributed by atoms with Crippen molar-refractivity contribution in [1.82, 2.24) is 15.3 Å². The molecule has 1 aromatic heterocycles. The molecule has 0 aliphatic rings. The van der Waals surface area contributed by atoms with Gasteiger partial charge in [0.1, 0.15) is 0 Å². The number of hydrogen-bond donors (Lipinski definition) is 3. The quantitative estimate of drug-likeness (QED) is 0.670. The fourth-order valence-corrected chi connectivity index (χ4v) is 1.27. The molecule has 3 N–H and O–H groups in total. The normalized spacial score (nSPS) is 10.3. The van der Waals surface area contributed by atoms with Crippen LogP contribution in [0, 0.1) is 0 Å². The van der Waals surface area contributed by atoms with Gasteiger partial charge in [0.2, 0.25) is 0 Å². The van der Waals surface area contributed by atoms with Crippen LogP contribution in [-0.4, -0.2) is 21.2 Å². The van der Waals surface area contributed by atoms with Crippen molar-refractivity contribution in [2.45, 2.75) is 6.54 Å². The summed E-state index contributed by atoms with van der Waals surface area (Å²) in [7, 11) is 0. The molecule has 0 bridgehead atoms. The molecular formula is C9H9N3O2. The second-order valence-electron chi connectivity index (χ2n) is 2.91. The van der Waals surface area contributed by atoms with Crippen LogP contribution in [0.5, 0.6) is 0 Å². The van der Waals surface area contributed by atoms with Crippen molar-refractivity contribution in [3.05, 3.63) is 30.1 Å². The van der Waals surface area contributed by atoms with E-state index in [1.807, 2.05) is 18.2 Å². The van der Waals surface area contributed by atoms with Gasteiger partial charge in [0.15, 0.2) is 0 Å². The minimum Gasteiger partial charge on any atom is -0.465 e. The maximum absolute atomic E-state index is 10.3. The first-order valence-corrected chi connectivity index (χ1v) is 4.14. The van der Waals surface area contributed by atoms with E-state index < -0.39 is 6.09 Å². The average molecular weight is 191 g/mol. The number of carbonyl (C=O) groups is 1. The highest BCUT2D eigenvalue weighted by Gasteiger charge is 1.99. The van der Waals surface area contributed by atoms with Gasteiger partial charge in [0.25, 0.3) is 0 Å². The Kier molecular flexibility index (Phi) is 2.06. The maximum atomic E-state index is 10.3. The van der Waals surface area contributed by atoms with E-state index >= 15 is 0 Å². The van der Waals surface area contributed by atoms with Gasteiger partial charge < -0.3 is 15.4 Å². The molecule has 0 fully saturated rings. The van der Waals surface area contributed by atoms with E-state index in [1.165, 1.54) is 0 Å². The van der Waals surface area contributed by atoms with E-state index in [-0.39, 0.29) is 0 Å². The molecule has 0 spiro atoms. The van der Waals surface area contributed by atoms with Gasteiger partial charge >= 0.3 is 6.09 Å². The number of carboxylic acid groups (broad SMARTS) is 1. The van der Waals surface area contributed by atoms with Gasteiger partial charge in [-0.15, -0.1) is 0 Å². The average Bonchev–Trinajstić information content (AvgIpc) is 2.61.